The van der Waals surface area contributed by atoms with Crippen LogP contribution >= 0.6 is 0 Å². The molecule has 0 aromatic rings. The maximum atomic E-state index is 12.5. The van der Waals surface area contributed by atoms with Gasteiger partial charge in [-0.15, -0.1) is 0 Å². The van der Waals surface area contributed by atoms with Gasteiger partial charge in [-0.25, -0.2) is 0 Å². The highest BCUT2D eigenvalue weighted by molar-refractivity contribution is 7.86. The lowest BCUT2D eigenvalue weighted by atomic mass is 10.4. The largest absolute Gasteiger partial charge is 0.355 e. The minimum absolute atomic E-state index is 0.00227. The standard InChI is InChI=1S/C13H28N4O3S/c1-4-14-13(18)12-15-8-7-9-17(11-10-15)21(19,20)16(5-2)6-3/h4-12H2,1-3H3,(H,14,18). The van der Waals surface area contributed by atoms with Crippen molar-refractivity contribution in [3.05, 3.63) is 0 Å². The van der Waals surface area contributed by atoms with Crippen molar-refractivity contribution in [3.8, 4) is 0 Å². The van der Waals surface area contributed by atoms with E-state index in [-0.39, 0.29) is 5.91 Å². The van der Waals surface area contributed by atoms with Crippen molar-refractivity contribution in [2.24, 2.45) is 0 Å². The van der Waals surface area contributed by atoms with E-state index in [0.717, 1.165) is 13.0 Å². The highest BCUT2D eigenvalue weighted by Crippen LogP contribution is 2.12. The molecule has 0 aromatic heterocycles. The molecule has 0 atom stereocenters. The molecule has 0 saturated carbocycles. The van der Waals surface area contributed by atoms with Crippen LogP contribution in [0.1, 0.15) is 27.2 Å². The third-order valence-corrected chi connectivity index (χ3v) is 5.83. The summed E-state index contributed by atoms with van der Waals surface area (Å²) >= 11 is 0. The average Bonchev–Trinajstić information content (AvgIpc) is 2.66. The molecule has 0 aromatic carbocycles. The van der Waals surface area contributed by atoms with E-state index in [2.05, 4.69) is 5.32 Å². The van der Waals surface area contributed by atoms with Gasteiger partial charge in [0.25, 0.3) is 10.2 Å². The molecule has 7 nitrogen and oxygen atoms in total. The van der Waals surface area contributed by atoms with Gasteiger partial charge in [0.05, 0.1) is 6.54 Å². The number of amides is 1. The molecule has 0 aliphatic carbocycles. The molecule has 0 unspecified atom stereocenters. The lowest BCUT2D eigenvalue weighted by Gasteiger charge is -2.27. The van der Waals surface area contributed by atoms with E-state index >= 15 is 0 Å². The van der Waals surface area contributed by atoms with Gasteiger partial charge in [0.1, 0.15) is 0 Å². The van der Waals surface area contributed by atoms with Crippen LogP contribution in [0.15, 0.2) is 0 Å². The summed E-state index contributed by atoms with van der Waals surface area (Å²) in [6.07, 6.45) is 0.750. The van der Waals surface area contributed by atoms with Gasteiger partial charge >= 0.3 is 0 Å². The fourth-order valence-electron chi connectivity index (χ4n) is 2.51. The van der Waals surface area contributed by atoms with Crippen molar-refractivity contribution in [1.29, 1.82) is 0 Å². The van der Waals surface area contributed by atoms with Crippen LogP contribution in [0.4, 0.5) is 0 Å². The summed E-state index contributed by atoms with van der Waals surface area (Å²) in [4.78, 5) is 13.6. The second-order valence-electron chi connectivity index (χ2n) is 5.07. The Labute approximate surface area is 128 Å². The van der Waals surface area contributed by atoms with Gasteiger partial charge in [-0.05, 0) is 19.9 Å². The zero-order chi connectivity index (χ0) is 15.9. The average molecular weight is 320 g/mol. The SMILES string of the molecule is CCNC(=O)CN1CCCN(S(=O)(=O)N(CC)CC)CC1. The molecule has 1 heterocycles. The van der Waals surface area contributed by atoms with Gasteiger partial charge in [-0.2, -0.15) is 17.0 Å². The van der Waals surface area contributed by atoms with Crippen molar-refractivity contribution in [3.63, 3.8) is 0 Å². The Hall–Kier alpha value is -0.700. The van der Waals surface area contributed by atoms with Gasteiger partial charge in [0.2, 0.25) is 5.91 Å². The van der Waals surface area contributed by atoms with Crippen LogP contribution < -0.4 is 5.32 Å². The maximum absolute atomic E-state index is 12.5. The van der Waals surface area contributed by atoms with Crippen molar-refractivity contribution in [2.75, 3.05) is 52.4 Å². The molecule has 1 aliphatic heterocycles. The van der Waals surface area contributed by atoms with Gasteiger partial charge in [0, 0.05) is 39.3 Å². The summed E-state index contributed by atoms with van der Waals surface area (Å²) in [5.74, 6) is -0.00227. The molecule has 8 heteroatoms. The van der Waals surface area contributed by atoms with Crippen LogP contribution in [0.5, 0.6) is 0 Å². The number of carbonyl (C=O) groups is 1. The van der Waals surface area contributed by atoms with Crippen molar-refractivity contribution in [2.45, 2.75) is 27.2 Å². The van der Waals surface area contributed by atoms with E-state index in [1.807, 2.05) is 25.7 Å². The summed E-state index contributed by atoms with van der Waals surface area (Å²) in [6.45, 7) is 9.82. The lowest BCUT2D eigenvalue weighted by Crippen LogP contribution is -2.45. The number of carbonyl (C=O) groups excluding carboxylic acids is 1. The first-order chi connectivity index (χ1) is 9.95. The molecule has 1 saturated heterocycles. The molecule has 1 fully saturated rings. The van der Waals surface area contributed by atoms with Crippen molar-refractivity contribution >= 4 is 16.1 Å². The first-order valence-corrected chi connectivity index (χ1v) is 9.09. The van der Waals surface area contributed by atoms with E-state index in [1.54, 1.807) is 0 Å². The van der Waals surface area contributed by atoms with Gasteiger partial charge in [-0.3, -0.25) is 9.69 Å². The van der Waals surface area contributed by atoms with Gasteiger partial charge < -0.3 is 5.32 Å². The van der Waals surface area contributed by atoms with Crippen molar-refractivity contribution in [1.82, 2.24) is 18.8 Å². The summed E-state index contributed by atoms with van der Waals surface area (Å²) in [6, 6.07) is 0. The summed E-state index contributed by atoms with van der Waals surface area (Å²) < 4.78 is 28.0. The minimum Gasteiger partial charge on any atom is -0.355 e. The van der Waals surface area contributed by atoms with Gasteiger partial charge in [0.15, 0.2) is 0 Å². The molecule has 1 rings (SSSR count). The van der Waals surface area contributed by atoms with E-state index in [1.165, 1.54) is 8.61 Å². The summed E-state index contributed by atoms with van der Waals surface area (Å²) in [5.41, 5.74) is 0. The Morgan fingerprint density at radius 2 is 1.76 bits per heavy atom. The molecule has 1 amide bonds. The maximum Gasteiger partial charge on any atom is 0.281 e. The van der Waals surface area contributed by atoms with Crippen LogP contribution in [-0.4, -0.2) is 80.2 Å². The third-order valence-electron chi connectivity index (χ3n) is 3.65. The van der Waals surface area contributed by atoms with Crippen LogP contribution in [0.25, 0.3) is 0 Å². The first-order valence-electron chi connectivity index (χ1n) is 7.69. The van der Waals surface area contributed by atoms with E-state index in [4.69, 9.17) is 0 Å². The normalized spacial score (nSPS) is 18.7. The highest BCUT2D eigenvalue weighted by Gasteiger charge is 2.29. The van der Waals surface area contributed by atoms with Crippen molar-refractivity contribution < 1.29 is 13.2 Å². The van der Waals surface area contributed by atoms with Crippen LogP contribution in [0.2, 0.25) is 0 Å². The summed E-state index contributed by atoms with van der Waals surface area (Å²) in [5, 5.41) is 2.77. The fourth-order valence-corrected chi connectivity index (χ4v) is 4.16. The zero-order valence-corrected chi connectivity index (χ0v) is 14.2. The van der Waals surface area contributed by atoms with Crippen LogP contribution in [-0.2, 0) is 15.0 Å². The predicted molar refractivity (Wildman–Crippen MR) is 83.2 cm³/mol. The topological polar surface area (TPSA) is 73.0 Å². The zero-order valence-electron chi connectivity index (χ0n) is 13.3. The number of hydrogen-bond donors (Lipinski definition) is 1. The number of rotatable bonds is 7. The van der Waals surface area contributed by atoms with E-state index in [0.29, 0.717) is 45.8 Å². The number of nitrogens with zero attached hydrogens (tertiary/aromatic N) is 3. The molecule has 1 aliphatic rings. The highest BCUT2D eigenvalue weighted by atomic mass is 32.2. The second kappa shape index (κ2) is 8.67. The number of hydrogen-bond acceptors (Lipinski definition) is 4. The third kappa shape index (κ3) is 5.21. The second-order valence-corrected chi connectivity index (χ2v) is 7.00. The Bertz CT molecular complexity index is 423. The predicted octanol–water partition coefficient (Wildman–Crippen LogP) is -0.283. The quantitative estimate of drug-likeness (QED) is 0.700. The fraction of sp³-hybridized carbons (Fsp3) is 0.923. The smallest absolute Gasteiger partial charge is 0.281 e. The Morgan fingerprint density at radius 3 is 2.33 bits per heavy atom. The van der Waals surface area contributed by atoms with E-state index < -0.39 is 10.2 Å². The minimum atomic E-state index is -3.37. The molecule has 124 valence electrons. The lowest BCUT2D eigenvalue weighted by molar-refractivity contribution is -0.122. The number of nitrogens with one attached hydrogen (secondary N) is 1. The molecule has 0 bridgehead atoms. The molecule has 21 heavy (non-hydrogen) atoms. The monoisotopic (exact) mass is 320 g/mol. The van der Waals surface area contributed by atoms with Crippen LogP contribution in [0, 0.1) is 0 Å². The van der Waals surface area contributed by atoms with Gasteiger partial charge in [-0.1, -0.05) is 13.8 Å². The Morgan fingerprint density at radius 1 is 1.10 bits per heavy atom. The van der Waals surface area contributed by atoms with E-state index in [9.17, 15) is 13.2 Å². The molecular formula is C13H28N4O3S. The Kier molecular flexibility index (Phi) is 7.58. The molecule has 1 N–H and O–H groups in total. The van der Waals surface area contributed by atoms with Crippen LogP contribution in [0.3, 0.4) is 0 Å². The number of likely N-dealkylation sites (N-methyl/N-ethyl adjacent to an activating group) is 1. The molecule has 0 radical (unpaired) electrons. The molecular weight excluding hydrogens is 292 g/mol. The summed E-state index contributed by atoms with van der Waals surface area (Å²) in [7, 11) is -3.37. The molecule has 0 spiro atoms. The first kappa shape index (κ1) is 18.3. The Balaban J connectivity index is 2.61.